The van der Waals surface area contributed by atoms with E-state index in [0.717, 1.165) is 6.54 Å². The number of hydrogen-bond acceptors (Lipinski definition) is 4. The maximum atomic E-state index is 12.6. The molecule has 0 aliphatic carbocycles. The summed E-state index contributed by atoms with van der Waals surface area (Å²) in [7, 11) is -1.20. The van der Waals surface area contributed by atoms with Gasteiger partial charge in [0, 0.05) is 39.3 Å². The lowest BCUT2D eigenvalue weighted by Crippen LogP contribution is -2.47. The molecule has 1 saturated heterocycles. The van der Waals surface area contributed by atoms with Crippen molar-refractivity contribution in [3.05, 3.63) is 0 Å². The molecule has 0 radical (unpaired) electrons. The number of nitrogens with one attached hydrogen (secondary N) is 2. The molecule has 0 spiro atoms. The van der Waals surface area contributed by atoms with Gasteiger partial charge < -0.3 is 15.5 Å². The predicted octanol–water partition coefficient (Wildman–Crippen LogP) is 1.69. The first kappa shape index (κ1) is 25.0. The molecule has 0 aromatic rings. The Morgan fingerprint density at radius 3 is 2.21 bits per heavy atom. The van der Waals surface area contributed by atoms with E-state index in [1.54, 1.807) is 0 Å². The lowest BCUT2D eigenvalue weighted by molar-refractivity contribution is -0.0496. The van der Waals surface area contributed by atoms with Gasteiger partial charge in [-0.2, -0.15) is 17.5 Å². The number of nitrogens with zero attached hydrogens (tertiary/aromatic N) is 3. The molecule has 0 amide bonds. The van der Waals surface area contributed by atoms with Crippen molar-refractivity contribution in [2.45, 2.75) is 39.1 Å². The molecule has 0 aromatic heterocycles. The van der Waals surface area contributed by atoms with Crippen LogP contribution in [-0.2, 0) is 10.0 Å². The maximum Gasteiger partial charge on any atom is 0.511 e. The molecule has 1 aliphatic rings. The summed E-state index contributed by atoms with van der Waals surface area (Å²) in [5.41, 5.74) is -5.23. The van der Waals surface area contributed by atoms with Gasteiger partial charge >= 0.3 is 15.5 Å². The van der Waals surface area contributed by atoms with Crippen LogP contribution in [0.15, 0.2) is 4.99 Å². The van der Waals surface area contributed by atoms with Crippen molar-refractivity contribution in [2.75, 3.05) is 53.4 Å². The molecular formula is C17H34F3N5O2S. The van der Waals surface area contributed by atoms with Crippen LogP contribution in [0.4, 0.5) is 13.2 Å². The molecule has 0 aromatic carbocycles. The van der Waals surface area contributed by atoms with E-state index in [-0.39, 0.29) is 24.4 Å². The second-order valence-electron chi connectivity index (χ2n) is 8.27. The Morgan fingerprint density at radius 1 is 1.18 bits per heavy atom. The summed E-state index contributed by atoms with van der Waals surface area (Å²) in [4.78, 5) is 6.73. The third-order valence-electron chi connectivity index (χ3n) is 4.52. The highest BCUT2D eigenvalue weighted by atomic mass is 32.2. The third kappa shape index (κ3) is 7.75. The first-order valence-corrected chi connectivity index (χ1v) is 11.0. The van der Waals surface area contributed by atoms with E-state index in [1.807, 2.05) is 21.0 Å². The molecule has 2 N–H and O–H groups in total. The summed E-state index contributed by atoms with van der Waals surface area (Å²) in [6.45, 7) is 8.76. The smallest absolute Gasteiger partial charge is 0.357 e. The predicted molar refractivity (Wildman–Crippen MR) is 106 cm³/mol. The van der Waals surface area contributed by atoms with Gasteiger partial charge in [-0.1, -0.05) is 13.8 Å². The van der Waals surface area contributed by atoms with Gasteiger partial charge in [0.15, 0.2) is 5.96 Å². The van der Waals surface area contributed by atoms with Gasteiger partial charge in [0.05, 0.1) is 0 Å². The normalized spacial score (nSPS) is 18.5. The van der Waals surface area contributed by atoms with Gasteiger partial charge in [-0.05, 0) is 45.2 Å². The fourth-order valence-corrected chi connectivity index (χ4v) is 4.27. The van der Waals surface area contributed by atoms with Crippen molar-refractivity contribution < 1.29 is 21.6 Å². The highest BCUT2D eigenvalue weighted by Crippen LogP contribution is 2.30. The quantitative estimate of drug-likeness (QED) is 0.454. The molecule has 7 nitrogen and oxygen atoms in total. The van der Waals surface area contributed by atoms with E-state index in [1.165, 1.54) is 0 Å². The number of rotatable bonds is 8. The highest BCUT2D eigenvalue weighted by Gasteiger charge is 2.50. The van der Waals surface area contributed by atoms with Gasteiger partial charge in [0.25, 0.3) is 0 Å². The topological polar surface area (TPSA) is 77.0 Å². The van der Waals surface area contributed by atoms with Crippen molar-refractivity contribution in [1.82, 2.24) is 19.8 Å². The van der Waals surface area contributed by atoms with Gasteiger partial charge in [-0.3, -0.25) is 4.99 Å². The minimum absolute atomic E-state index is 0.00312. The summed E-state index contributed by atoms with van der Waals surface area (Å²) in [6.07, 6.45) is 0.766. The van der Waals surface area contributed by atoms with Crippen LogP contribution in [0.1, 0.15) is 33.6 Å². The molecule has 1 rings (SSSR count). The van der Waals surface area contributed by atoms with Gasteiger partial charge in [0.2, 0.25) is 0 Å². The first-order chi connectivity index (χ1) is 12.8. The Morgan fingerprint density at radius 2 is 1.75 bits per heavy atom. The molecule has 1 heterocycles. The Bertz CT molecular complexity index is 613. The van der Waals surface area contributed by atoms with Crippen LogP contribution in [-0.4, -0.2) is 82.5 Å². The zero-order valence-electron chi connectivity index (χ0n) is 17.4. The summed E-state index contributed by atoms with van der Waals surface area (Å²) in [5, 5.41) is 6.41. The molecule has 11 heteroatoms. The number of halogens is 3. The largest absolute Gasteiger partial charge is 0.511 e. The SMILES string of the molecule is CCNC(=NCC(C)(C)CN(C)C)NCC1CCN(S(=O)(=O)C(F)(F)F)CC1. The van der Waals surface area contributed by atoms with E-state index in [9.17, 15) is 21.6 Å². The molecule has 1 fully saturated rings. The molecule has 28 heavy (non-hydrogen) atoms. The average molecular weight is 430 g/mol. The minimum Gasteiger partial charge on any atom is -0.357 e. The molecule has 0 unspecified atom stereocenters. The molecule has 1 aliphatic heterocycles. The lowest BCUT2D eigenvalue weighted by atomic mass is 9.93. The Kier molecular flexibility index (Phi) is 9.01. The molecule has 0 bridgehead atoms. The second kappa shape index (κ2) is 10.1. The zero-order chi connectivity index (χ0) is 21.6. The standard InChI is InChI=1S/C17H34F3N5O2S/c1-6-21-15(23-12-16(2,3)13-24(4)5)22-11-14-7-9-25(10-8-14)28(26,27)17(18,19)20/h14H,6-13H2,1-5H3,(H2,21,22,23). The molecule has 0 saturated carbocycles. The number of piperidine rings is 1. The Labute approximate surface area is 166 Å². The van der Waals surface area contributed by atoms with Crippen LogP contribution >= 0.6 is 0 Å². The molecular weight excluding hydrogens is 395 g/mol. The maximum absolute atomic E-state index is 12.6. The number of hydrogen-bond donors (Lipinski definition) is 2. The Hall–Kier alpha value is -1.07. The number of aliphatic imine (C=N–C) groups is 1. The zero-order valence-corrected chi connectivity index (χ0v) is 18.3. The van der Waals surface area contributed by atoms with Crippen molar-refractivity contribution in [3.63, 3.8) is 0 Å². The fraction of sp³-hybridized carbons (Fsp3) is 0.941. The number of guanidine groups is 1. The van der Waals surface area contributed by atoms with Crippen LogP contribution in [0.2, 0.25) is 0 Å². The van der Waals surface area contributed by atoms with Crippen molar-refractivity contribution in [2.24, 2.45) is 16.3 Å². The monoisotopic (exact) mass is 429 g/mol. The second-order valence-corrected chi connectivity index (χ2v) is 10.2. The third-order valence-corrected chi connectivity index (χ3v) is 6.15. The number of alkyl halides is 3. The van der Waals surface area contributed by atoms with Crippen molar-refractivity contribution >= 4 is 16.0 Å². The van der Waals surface area contributed by atoms with Crippen LogP contribution in [0, 0.1) is 11.3 Å². The molecule has 0 atom stereocenters. The summed E-state index contributed by atoms with van der Waals surface area (Å²) in [6, 6.07) is 0. The van der Waals surface area contributed by atoms with E-state index >= 15 is 0 Å². The van der Waals surface area contributed by atoms with Gasteiger partial charge in [0.1, 0.15) is 0 Å². The van der Waals surface area contributed by atoms with Crippen LogP contribution in [0.25, 0.3) is 0 Å². The highest BCUT2D eigenvalue weighted by molar-refractivity contribution is 7.90. The van der Waals surface area contributed by atoms with Crippen LogP contribution in [0.5, 0.6) is 0 Å². The van der Waals surface area contributed by atoms with E-state index in [4.69, 9.17) is 0 Å². The summed E-state index contributed by atoms with van der Waals surface area (Å²) >= 11 is 0. The van der Waals surface area contributed by atoms with E-state index in [0.29, 0.717) is 42.7 Å². The van der Waals surface area contributed by atoms with Crippen LogP contribution < -0.4 is 10.6 Å². The van der Waals surface area contributed by atoms with Crippen molar-refractivity contribution in [1.29, 1.82) is 0 Å². The minimum atomic E-state index is -5.23. The Balaban J connectivity index is 2.56. The first-order valence-electron chi connectivity index (χ1n) is 9.52. The lowest BCUT2D eigenvalue weighted by Gasteiger charge is -2.32. The summed E-state index contributed by atoms with van der Waals surface area (Å²) < 4.78 is 61.4. The van der Waals surface area contributed by atoms with Crippen molar-refractivity contribution in [3.8, 4) is 0 Å². The summed E-state index contributed by atoms with van der Waals surface area (Å²) in [5.74, 6) is 0.762. The van der Waals surface area contributed by atoms with Crippen LogP contribution in [0.3, 0.4) is 0 Å². The van der Waals surface area contributed by atoms with Gasteiger partial charge in [-0.25, -0.2) is 8.42 Å². The molecule has 166 valence electrons. The van der Waals surface area contributed by atoms with E-state index in [2.05, 4.69) is 34.4 Å². The van der Waals surface area contributed by atoms with Gasteiger partial charge in [-0.15, -0.1) is 0 Å². The average Bonchev–Trinajstić information content (AvgIpc) is 2.55. The fourth-order valence-electron chi connectivity index (χ4n) is 3.28. The van der Waals surface area contributed by atoms with E-state index < -0.39 is 15.5 Å². The number of sulfonamides is 1.